The molecule has 1 amide bonds. The molecule has 4 heteroatoms. The lowest BCUT2D eigenvalue weighted by Gasteiger charge is -2.28. The molecule has 0 aliphatic heterocycles. The van der Waals surface area contributed by atoms with Gasteiger partial charge < -0.3 is 4.90 Å². The fourth-order valence-corrected chi connectivity index (χ4v) is 7.92. The van der Waals surface area contributed by atoms with Crippen molar-refractivity contribution in [3.05, 3.63) is 91.0 Å². The van der Waals surface area contributed by atoms with Crippen LogP contribution < -0.4 is 15.9 Å². The van der Waals surface area contributed by atoms with Crippen LogP contribution in [0.1, 0.15) is 38.5 Å². The first-order valence-corrected chi connectivity index (χ1v) is 13.5. The van der Waals surface area contributed by atoms with Crippen LogP contribution in [0.3, 0.4) is 0 Å². The SMILES string of the molecule is CN(C)C(=O)CCCCCCC(=O)C=P(c1ccccc1)(c1ccccc1)c1ccccc1. The molecule has 0 unspecified atom stereocenters. The van der Waals surface area contributed by atoms with Gasteiger partial charge in [-0.05, 0) is 41.4 Å². The quantitative estimate of drug-likeness (QED) is 0.306. The lowest BCUT2D eigenvalue weighted by Crippen LogP contribution is -2.28. The number of benzene rings is 3. The van der Waals surface area contributed by atoms with Crippen molar-refractivity contribution < 1.29 is 9.59 Å². The number of amides is 1. The van der Waals surface area contributed by atoms with Crippen LogP contribution in [0.4, 0.5) is 0 Å². The fourth-order valence-electron chi connectivity index (χ4n) is 4.09. The zero-order valence-electron chi connectivity index (χ0n) is 19.7. The van der Waals surface area contributed by atoms with Crippen molar-refractivity contribution in [3.63, 3.8) is 0 Å². The van der Waals surface area contributed by atoms with Crippen LogP contribution in [-0.2, 0) is 9.59 Å². The maximum atomic E-state index is 13.3. The first-order valence-electron chi connectivity index (χ1n) is 11.7. The number of carbonyl (C=O) groups excluding carboxylic acids is 2. The highest BCUT2D eigenvalue weighted by Gasteiger charge is 2.26. The zero-order valence-corrected chi connectivity index (χ0v) is 20.6. The molecule has 0 heterocycles. The summed E-state index contributed by atoms with van der Waals surface area (Å²) in [5.41, 5.74) is 0. The van der Waals surface area contributed by atoms with E-state index in [1.165, 1.54) is 15.9 Å². The molecule has 0 bridgehead atoms. The van der Waals surface area contributed by atoms with Gasteiger partial charge in [0.1, 0.15) is 0 Å². The van der Waals surface area contributed by atoms with E-state index in [-0.39, 0.29) is 11.7 Å². The van der Waals surface area contributed by atoms with E-state index in [9.17, 15) is 9.59 Å². The third-order valence-electron chi connectivity index (χ3n) is 5.89. The normalized spacial score (nSPS) is 11.1. The third kappa shape index (κ3) is 6.55. The van der Waals surface area contributed by atoms with Crippen molar-refractivity contribution in [2.45, 2.75) is 38.5 Å². The van der Waals surface area contributed by atoms with Gasteiger partial charge in [-0.3, -0.25) is 9.59 Å². The Labute approximate surface area is 198 Å². The number of hydrogen-bond donors (Lipinski definition) is 0. The first-order chi connectivity index (χ1) is 16.0. The molecule has 172 valence electrons. The largest absolute Gasteiger partial charge is 0.349 e. The summed E-state index contributed by atoms with van der Waals surface area (Å²) in [6.07, 6.45) is 4.79. The van der Waals surface area contributed by atoms with Crippen molar-refractivity contribution in [1.29, 1.82) is 0 Å². The van der Waals surface area contributed by atoms with Crippen LogP contribution in [-0.4, -0.2) is 36.5 Å². The summed E-state index contributed by atoms with van der Waals surface area (Å²) in [4.78, 5) is 26.7. The Morgan fingerprint density at radius 3 is 1.42 bits per heavy atom. The van der Waals surface area contributed by atoms with Crippen LogP contribution in [0.5, 0.6) is 0 Å². The Kier molecular flexibility index (Phi) is 9.27. The number of hydrogen-bond acceptors (Lipinski definition) is 2. The topological polar surface area (TPSA) is 37.4 Å². The Bertz CT molecular complexity index is 973. The molecule has 3 aromatic rings. The van der Waals surface area contributed by atoms with Gasteiger partial charge in [0.05, 0.1) is 0 Å². The second-order valence-electron chi connectivity index (χ2n) is 8.53. The van der Waals surface area contributed by atoms with Gasteiger partial charge in [-0.25, -0.2) is 0 Å². The number of unbranched alkanes of at least 4 members (excludes halogenated alkanes) is 3. The molecule has 0 aliphatic carbocycles. The standard InChI is InChI=1S/C29H34NO2P/c1-30(2)29(32)23-15-4-3-8-16-25(31)24-33(26-17-9-5-10-18-26,27-19-11-6-12-20-27)28-21-13-7-14-22-28/h5-7,9-14,17-22,24H,3-4,8,15-16,23H2,1-2H3. The summed E-state index contributed by atoms with van der Waals surface area (Å²) in [7, 11) is 3.58. The second kappa shape index (κ2) is 12.4. The Morgan fingerprint density at radius 1 is 0.636 bits per heavy atom. The van der Waals surface area contributed by atoms with Crippen LogP contribution in [0.15, 0.2) is 91.0 Å². The molecule has 3 nitrogen and oxygen atoms in total. The van der Waals surface area contributed by atoms with Gasteiger partial charge in [0.15, 0.2) is 5.78 Å². The number of rotatable bonds is 11. The van der Waals surface area contributed by atoms with E-state index in [1.807, 2.05) is 24.0 Å². The van der Waals surface area contributed by atoms with E-state index in [0.717, 1.165) is 25.7 Å². The number of carbonyl (C=O) groups is 2. The molecule has 0 spiro atoms. The van der Waals surface area contributed by atoms with Crippen molar-refractivity contribution in [1.82, 2.24) is 4.90 Å². The third-order valence-corrected chi connectivity index (χ3v) is 9.90. The number of Topliss-reactive ketones (excluding diaryl/α,β-unsaturated/α-hetero) is 1. The van der Waals surface area contributed by atoms with Crippen molar-refractivity contribution in [2.75, 3.05) is 14.1 Å². The van der Waals surface area contributed by atoms with E-state index in [2.05, 4.69) is 72.8 Å². The molecule has 33 heavy (non-hydrogen) atoms. The molecule has 3 aromatic carbocycles. The maximum Gasteiger partial charge on any atom is 0.222 e. The van der Waals surface area contributed by atoms with Gasteiger partial charge in [-0.15, -0.1) is 0 Å². The highest BCUT2D eigenvalue weighted by atomic mass is 31.2. The van der Waals surface area contributed by atoms with E-state index in [0.29, 0.717) is 12.8 Å². The molecule has 0 aliphatic rings. The van der Waals surface area contributed by atoms with Gasteiger partial charge in [-0.1, -0.05) is 104 Å². The van der Waals surface area contributed by atoms with Gasteiger partial charge in [0, 0.05) is 26.9 Å². The zero-order chi connectivity index (χ0) is 23.5. The average Bonchev–Trinajstić information content (AvgIpc) is 2.86. The average molecular weight is 460 g/mol. The van der Waals surface area contributed by atoms with Crippen LogP contribution >= 0.6 is 6.89 Å². The van der Waals surface area contributed by atoms with Crippen LogP contribution in [0.25, 0.3) is 0 Å². The smallest absolute Gasteiger partial charge is 0.222 e. The summed E-state index contributed by atoms with van der Waals surface area (Å²) in [5.74, 6) is 2.40. The molecule has 0 fully saturated rings. The van der Waals surface area contributed by atoms with Crippen molar-refractivity contribution >= 4 is 40.3 Å². The molecule has 0 saturated heterocycles. The minimum Gasteiger partial charge on any atom is -0.349 e. The maximum absolute atomic E-state index is 13.3. The van der Waals surface area contributed by atoms with Gasteiger partial charge >= 0.3 is 0 Å². The highest BCUT2D eigenvalue weighted by Crippen LogP contribution is 2.43. The minimum absolute atomic E-state index is 0.169. The molecule has 0 radical (unpaired) electrons. The Morgan fingerprint density at radius 2 is 1.03 bits per heavy atom. The molecular formula is C29H34NO2P. The van der Waals surface area contributed by atoms with E-state index in [4.69, 9.17) is 0 Å². The fraction of sp³-hybridized carbons (Fsp3) is 0.276. The predicted octanol–water partition coefficient (Wildman–Crippen LogP) is 4.78. The lowest BCUT2D eigenvalue weighted by atomic mass is 10.1. The lowest BCUT2D eigenvalue weighted by molar-refractivity contribution is -0.128. The summed E-state index contributed by atoms with van der Waals surface area (Å²) in [5, 5.41) is 3.58. The summed E-state index contributed by atoms with van der Waals surface area (Å²) in [6, 6.07) is 31.3. The Balaban J connectivity index is 1.86. The summed E-state index contributed by atoms with van der Waals surface area (Å²) < 4.78 is 0. The first kappa shape index (κ1) is 24.7. The second-order valence-corrected chi connectivity index (χ2v) is 11.8. The van der Waals surface area contributed by atoms with Crippen molar-refractivity contribution in [2.24, 2.45) is 0 Å². The van der Waals surface area contributed by atoms with Crippen LogP contribution in [0, 0.1) is 0 Å². The number of nitrogens with zero attached hydrogens (tertiary/aromatic N) is 1. The van der Waals surface area contributed by atoms with E-state index < -0.39 is 6.89 Å². The molecule has 0 atom stereocenters. The molecule has 3 rings (SSSR count). The molecule has 0 N–H and O–H groups in total. The van der Waals surface area contributed by atoms with E-state index in [1.54, 1.807) is 19.0 Å². The van der Waals surface area contributed by atoms with Gasteiger partial charge in [-0.2, -0.15) is 0 Å². The highest BCUT2D eigenvalue weighted by molar-refractivity contribution is 7.95. The monoisotopic (exact) mass is 459 g/mol. The van der Waals surface area contributed by atoms with E-state index >= 15 is 0 Å². The van der Waals surface area contributed by atoms with Gasteiger partial charge in [0.25, 0.3) is 0 Å². The van der Waals surface area contributed by atoms with Crippen molar-refractivity contribution in [3.8, 4) is 0 Å². The Hall–Kier alpha value is -2.90. The molecular weight excluding hydrogens is 425 g/mol. The van der Waals surface area contributed by atoms with Gasteiger partial charge in [0.2, 0.25) is 5.91 Å². The molecule has 0 aromatic heterocycles. The summed E-state index contributed by atoms with van der Waals surface area (Å²) in [6.45, 7) is -2.22. The predicted molar refractivity (Wildman–Crippen MR) is 143 cm³/mol. The summed E-state index contributed by atoms with van der Waals surface area (Å²) >= 11 is 0. The molecule has 0 saturated carbocycles. The minimum atomic E-state index is -2.22. The van der Waals surface area contributed by atoms with Crippen LogP contribution in [0.2, 0.25) is 0 Å². The number of ketones is 1.